The molecule has 0 saturated carbocycles. The number of hydrogen-bond acceptors (Lipinski definition) is 3. The van der Waals surface area contributed by atoms with Crippen LogP contribution in [0.5, 0.6) is 5.75 Å². The Bertz CT molecular complexity index is 932. The van der Waals surface area contributed by atoms with E-state index in [-0.39, 0.29) is 11.7 Å². The van der Waals surface area contributed by atoms with Gasteiger partial charge in [-0.3, -0.25) is 4.79 Å². The van der Waals surface area contributed by atoms with E-state index in [4.69, 9.17) is 0 Å². The van der Waals surface area contributed by atoms with Gasteiger partial charge < -0.3 is 5.11 Å². The summed E-state index contributed by atoms with van der Waals surface area (Å²) in [7, 11) is 0. The van der Waals surface area contributed by atoms with Crippen molar-refractivity contribution < 1.29 is 9.90 Å². The van der Waals surface area contributed by atoms with Gasteiger partial charge in [0.15, 0.2) is 0 Å². The number of aromatic hydroxyl groups is 1. The molecule has 4 nitrogen and oxygen atoms in total. The van der Waals surface area contributed by atoms with Crippen LogP contribution < -0.4 is 5.43 Å². The van der Waals surface area contributed by atoms with Gasteiger partial charge in [0.25, 0.3) is 5.91 Å². The first-order valence-corrected chi connectivity index (χ1v) is 9.30. The molecule has 0 bridgehead atoms. The monoisotopic (exact) mass is 472 g/mol. The van der Waals surface area contributed by atoms with Crippen LogP contribution >= 0.6 is 31.9 Å². The van der Waals surface area contributed by atoms with E-state index in [9.17, 15) is 9.90 Å². The largest absolute Gasteiger partial charge is 0.506 e. The summed E-state index contributed by atoms with van der Waals surface area (Å²) in [5.74, 6) is -0.178. The number of phenols is 1. The predicted octanol–water partition coefficient (Wildman–Crippen LogP) is 5.35. The number of carbonyl (C=O) groups is 1. The van der Waals surface area contributed by atoms with Gasteiger partial charge in [0.1, 0.15) is 5.75 Å². The van der Waals surface area contributed by atoms with Gasteiger partial charge in [-0.25, -0.2) is 5.43 Å². The van der Waals surface area contributed by atoms with Crippen LogP contribution in [0.15, 0.2) is 80.8 Å². The fraction of sp³-hybridized carbons (Fsp3) is 0. The SMILES string of the molecule is O=C(NN=Cc1cc(Br)c(O)c(Br)c1)c1ccc(-c2ccccc2)cc1. The number of nitrogens with zero attached hydrogens (tertiary/aromatic N) is 1. The summed E-state index contributed by atoms with van der Waals surface area (Å²) in [4.78, 5) is 12.2. The van der Waals surface area contributed by atoms with Crippen molar-refractivity contribution in [1.82, 2.24) is 5.43 Å². The molecular weight excluding hydrogens is 460 g/mol. The van der Waals surface area contributed by atoms with Crippen LogP contribution in [0, 0.1) is 0 Å². The molecule has 0 saturated heterocycles. The second kappa shape index (κ2) is 8.29. The molecule has 0 aromatic heterocycles. The first kappa shape index (κ1) is 18.4. The zero-order chi connectivity index (χ0) is 18.5. The average molecular weight is 474 g/mol. The first-order valence-electron chi connectivity index (χ1n) is 7.71. The number of hydrazone groups is 1. The molecule has 1 amide bonds. The van der Waals surface area contributed by atoms with E-state index >= 15 is 0 Å². The fourth-order valence-electron chi connectivity index (χ4n) is 2.33. The third kappa shape index (κ3) is 4.39. The van der Waals surface area contributed by atoms with Gasteiger partial charge in [-0.1, -0.05) is 42.5 Å². The molecule has 3 aromatic rings. The number of benzene rings is 3. The Hall–Kier alpha value is -2.44. The molecule has 0 aliphatic carbocycles. The summed E-state index contributed by atoms with van der Waals surface area (Å²) in [6, 6.07) is 20.7. The molecule has 3 aromatic carbocycles. The second-order valence-corrected chi connectivity index (χ2v) is 7.18. The molecule has 0 radical (unpaired) electrons. The molecule has 3 rings (SSSR count). The van der Waals surface area contributed by atoms with Crippen molar-refractivity contribution in [2.45, 2.75) is 0 Å². The van der Waals surface area contributed by atoms with Crippen molar-refractivity contribution in [1.29, 1.82) is 0 Å². The van der Waals surface area contributed by atoms with Crippen molar-refractivity contribution in [2.75, 3.05) is 0 Å². The van der Waals surface area contributed by atoms with Crippen LogP contribution in [0.25, 0.3) is 11.1 Å². The number of amides is 1. The van der Waals surface area contributed by atoms with Crippen molar-refractivity contribution in [2.24, 2.45) is 5.10 Å². The third-order valence-corrected chi connectivity index (χ3v) is 4.88. The Morgan fingerprint density at radius 3 is 2.12 bits per heavy atom. The number of nitrogens with one attached hydrogen (secondary N) is 1. The van der Waals surface area contributed by atoms with Gasteiger partial charge >= 0.3 is 0 Å². The van der Waals surface area contributed by atoms with Gasteiger partial charge in [-0.05, 0) is 72.8 Å². The van der Waals surface area contributed by atoms with E-state index in [1.165, 1.54) is 6.21 Å². The summed E-state index contributed by atoms with van der Waals surface area (Å²) in [6.07, 6.45) is 1.51. The summed E-state index contributed by atoms with van der Waals surface area (Å²) < 4.78 is 1.08. The van der Waals surface area contributed by atoms with Crippen molar-refractivity contribution in [3.05, 3.63) is 86.8 Å². The molecule has 0 atom stereocenters. The predicted molar refractivity (Wildman–Crippen MR) is 110 cm³/mol. The molecule has 6 heteroatoms. The molecule has 0 fully saturated rings. The van der Waals surface area contributed by atoms with Crippen molar-refractivity contribution >= 4 is 44.0 Å². The standard InChI is InChI=1S/C20H14Br2N2O2/c21-17-10-13(11-18(22)19(17)25)12-23-24-20(26)16-8-6-15(7-9-16)14-4-2-1-3-5-14/h1-12,25H,(H,24,26). The Labute approximate surface area is 167 Å². The highest BCUT2D eigenvalue weighted by molar-refractivity contribution is 9.11. The van der Waals surface area contributed by atoms with E-state index in [1.54, 1.807) is 24.3 Å². The highest BCUT2D eigenvalue weighted by Gasteiger charge is 2.06. The highest BCUT2D eigenvalue weighted by Crippen LogP contribution is 2.32. The lowest BCUT2D eigenvalue weighted by atomic mass is 10.0. The van der Waals surface area contributed by atoms with Gasteiger partial charge in [-0.2, -0.15) is 5.10 Å². The molecule has 2 N–H and O–H groups in total. The van der Waals surface area contributed by atoms with Gasteiger partial charge in [0.05, 0.1) is 15.2 Å². The summed E-state index contributed by atoms with van der Waals surface area (Å²) in [5.41, 5.74) is 5.89. The maximum atomic E-state index is 12.2. The summed E-state index contributed by atoms with van der Waals surface area (Å²) in [5, 5.41) is 13.7. The molecule has 0 unspecified atom stereocenters. The minimum atomic E-state index is -0.294. The third-order valence-electron chi connectivity index (χ3n) is 3.67. The minimum Gasteiger partial charge on any atom is -0.506 e. The molecule has 0 aliphatic rings. The first-order chi connectivity index (χ1) is 12.5. The van der Waals surface area contributed by atoms with Crippen LogP contribution in [0.3, 0.4) is 0 Å². The van der Waals surface area contributed by atoms with E-state index in [2.05, 4.69) is 42.4 Å². The van der Waals surface area contributed by atoms with Gasteiger partial charge in [0, 0.05) is 5.56 Å². The van der Waals surface area contributed by atoms with Crippen molar-refractivity contribution in [3.8, 4) is 16.9 Å². The maximum absolute atomic E-state index is 12.2. The number of phenolic OH excluding ortho intramolecular Hbond substituents is 1. The lowest BCUT2D eigenvalue weighted by molar-refractivity contribution is 0.0955. The Morgan fingerprint density at radius 2 is 1.50 bits per heavy atom. The zero-order valence-electron chi connectivity index (χ0n) is 13.5. The maximum Gasteiger partial charge on any atom is 0.271 e. The zero-order valence-corrected chi connectivity index (χ0v) is 16.7. The molecule has 26 heavy (non-hydrogen) atoms. The van der Waals surface area contributed by atoms with Gasteiger partial charge in [-0.15, -0.1) is 0 Å². The lowest BCUT2D eigenvalue weighted by Crippen LogP contribution is -2.17. The molecular formula is C20H14Br2N2O2. The molecule has 0 heterocycles. The molecule has 0 aliphatic heterocycles. The van der Waals surface area contributed by atoms with Crippen molar-refractivity contribution in [3.63, 3.8) is 0 Å². The normalized spacial score (nSPS) is 10.8. The van der Waals surface area contributed by atoms with Crippen LogP contribution in [-0.2, 0) is 0 Å². The van der Waals surface area contributed by atoms with E-state index in [0.717, 1.165) is 16.7 Å². The fourth-order valence-corrected chi connectivity index (χ4v) is 3.56. The topological polar surface area (TPSA) is 61.7 Å². The number of halogens is 2. The highest BCUT2D eigenvalue weighted by atomic mass is 79.9. The molecule has 130 valence electrons. The number of rotatable bonds is 4. The van der Waals surface area contributed by atoms with Crippen LogP contribution in [-0.4, -0.2) is 17.2 Å². The summed E-state index contributed by atoms with van der Waals surface area (Å²) >= 11 is 6.50. The molecule has 0 spiro atoms. The second-order valence-electron chi connectivity index (χ2n) is 5.48. The Balaban J connectivity index is 1.67. The van der Waals surface area contributed by atoms with Crippen LogP contribution in [0.4, 0.5) is 0 Å². The van der Waals surface area contributed by atoms with Crippen LogP contribution in [0.1, 0.15) is 15.9 Å². The summed E-state index contributed by atoms with van der Waals surface area (Å²) in [6.45, 7) is 0. The minimum absolute atomic E-state index is 0.115. The Kier molecular flexibility index (Phi) is 5.85. The quantitative estimate of drug-likeness (QED) is 0.396. The van der Waals surface area contributed by atoms with E-state index in [0.29, 0.717) is 14.5 Å². The Morgan fingerprint density at radius 1 is 0.923 bits per heavy atom. The van der Waals surface area contributed by atoms with Crippen LogP contribution in [0.2, 0.25) is 0 Å². The number of carbonyl (C=O) groups excluding carboxylic acids is 1. The van der Waals surface area contributed by atoms with Gasteiger partial charge in [0.2, 0.25) is 0 Å². The number of hydrogen-bond donors (Lipinski definition) is 2. The lowest BCUT2D eigenvalue weighted by Gasteiger charge is -2.04. The van der Waals surface area contributed by atoms with E-state index in [1.807, 2.05) is 42.5 Å². The van der Waals surface area contributed by atoms with E-state index < -0.39 is 0 Å². The average Bonchev–Trinajstić information content (AvgIpc) is 2.67. The smallest absolute Gasteiger partial charge is 0.271 e.